The van der Waals surface area contributed by atoms with Crippen LogP contribution in [-0.4, -0.2) is 29.5 Å². The van der Waals surface area contributed by atoms with E-state index in [2.05, 4.69) is 31.2 Å². The summed E-state index contributed by atoms with van der Waals surface area (Å²) < 4.78 is 7.37. The summed E-state index contributed by atoms with van der Waals surface area (Å²) in [6.45, 7) is 9.14. The molecule has 0 fully saturated rings. The van der Waals surface area contributed by atoms with Crippen LogP contribution >= 0.6 is 11.6 Å². The van der Waals surface area contributed by atoms with Gasteiger partial charge in [0.15, 0.2) is 0 Å². The molecule has 0 spiro atoms. The molecule has 0 amide bonds. The Morgan fingerprint density at radius 3 is 2.59 bits per heavy atom. The van der Waals surface area contributed by atoms with E-state index in [0.29, 0.717) is 5.02 Å². The highest BCUT2D eigenvalue weighted by Gasteiger charge is 2.25. The monoisotopic (exact) mass is 259 g/mol. The van der Waals surface area contributed by atoms with E-state index in [1.807, 2.05) is 11.6 Å². The summed E-state index contributed by atoms with van der Waals surface area (Å²) in [5, 5.41) is 8.41. The lowest BCUT2D eigenvalue weighted by Crippen LogP contribution is -2.33. The highest BCUT2D eigenvalue weighted by atomic mass is 35.5. The predicted octanol–water partition coefficient (Wildman–Crippen LogP) is 2.80. The van der Waals surface area contributed by atoms with E-state index in [0.717, 1.165) is 12.2 Å². The number of hydrogen-bond donors (Lipinski definition) is 1. The zero-order valence-electron chi connectivity index (χ0n) is 11.2. The predicted molar refractivity (Wildman–Crippen MR) is 70.5 cm³/mol. The third-order valence-electron chi connectivity index (χ3n) is 2.84. The summed E-state index contributed by atoms with van der Waals surface area (Å²) in [5.74, 6) is 0. The van der Waals surface area contributed by atoms with Crippen molar-refractivity contribution in [3.8, 4) is 0 Å². The zero-order chi connectivity index (χ0) is 13.0. The number of nitrogens with zero attached hydrogens (tertiary/aromatic N) is 2. The SMILES string of the molecule is CCNC(c1c(Cl)cnn1C(C)C)C(C)OC. The summed E-state index contributed by atoms with van der Waals surface area (Å²) in [7, 11) is 1.71. The summed E-state index contributed by atoms with van der Waals surface area (Å²) in [5.41, 5.74) is 0.998. The van der Waals surface area contributed by atoms with Crippen LogP contribution in [0.1, 0.15) is 45.5 Å². The maximum absolute atomic E-state index is 6.24. The number of aromatic nitrogens is 2. The van der Waals surface area contributed by atoms with Gasteiger partial charge >= 0.3 is 0 Å². The number of nitrogens with one attached hydrogen (secondary N) is 1. The van der Waals surface area contributed by atoms with Crippen LogP contribution in [0.15, 0.2) is 6.20 Å². The average Bonchev–Trinajstić information content (AvgIpc) is 2.67. The summed E-state index contributed by atoms with van der Waals surface area (Å²) >= 11 is 6.24. The van der Waals surface area contributed by atoms with Gasteiger partial charge in [0.05, 0.1) is 29.1 Å². The lowest BCUT2D eigenvalue weighted by Gasteiger charge is -2.26. The molecule has 4 nitrogen and oxygen atoms in total. The van der Waals surface area contributed by atoms with Crippen molar-refractivity contribution >= 4 is 11.6 Å². The minimum atomic E-state index is 0.0432. The van der Waals surface area contributed by atoms with Crippen LogP contribution in [0, 0.1) is 0 Å². The second-order valence-corrected chi connectivity index (χ2v) is 4.80. The first-order valence-electron chi connectivity index (χ1n) is 6.02. The Morgan fingerprint density at radius 1 is 1.47 bits per heavy atom. The fourth-order valence-corrected chi connectivity index (χ4v) is 2.14. The second kappa shape index (κ2) is 6.38. The van der Waals surface area contributed by atoms with Crippen molar-refractivity contribution < 1.29 is 4.74 Å². The molecule has 2 unspecified atom stereocenters. The van der Waals surface area contributed by atoms with Crippen LogP contribution in [0.5, 0.6) is 0 Å². The molecule has 0 bridgehead atoms. The highest BCUT2D eigenvalue weighted by molar-refractivity contribution is 6.31. The molecule has 5 heteroatoms. The first-order valence-corrected chi connectivity index (χ1v) is 6.39. The number of likely N-dealkylation sites (N-methyl/N-ethyl adjacent to an activating group) is 1. The van der Waals surface area contributed by atoms with Crippen LogP contribution in [0.4, 0.5) is 0 Å². The van der Waals surface area contributed by atoms with E-state index >= 15 is 0 Å². The summed E-state index contributed by atoms with van der Waals surface area (Å²) in [6.07, 6.45) is 1.74. The lowest BCUT2D eigenvalue weighted by molar-refractivity contribution is 0.0801. The van der Waals surface area contributed by atoms with Gasteiger partial charge in [-0.25, -0.2) is 0 Å². The van der Waals surface area contributed by atoms with Crippen LogP contribution in [0.25, 0.3) is 0 Å². The zero-order valence-corrected chi connectivity index (χ0v) is 12.0. The molecule has 0 saturated carbocycles. The topological polar surface area (TPSA) is 39.1 Å². The van der Waals surface area contributed by atoms with Gasteiger partial charge in [-0.2, -0.15) is 5.10 Å². The van der Waals surface area contributed by atoms with Crippen molar-refractivity contribution in [1.29, 1.82) is 0 Å². The van der Waals surface area contributed by atoms with Gasteiger partial charge in [0.2, 0.25) is 0 Å². The van der Waals surface area contributed by atoms with E-state index in [1.54, 1.807) is 13.3 Å². The number of halogens is 1. The third kappa shape index (κ3) is 3.21. The summed E-state index contributed by atoms with van der Waals surface area (Å²) in [4.78, 5) is 0. The molecule has 1 aromatic heterocycles. The van der Waals surface area contributed by atoms with Crippen LogP contribution in [0.2, 0.25) is 5.02 Å². The van der Waals surface area contributed by atoms with Gasteiger partial charge in [-0.1, -0.05) is 18.5 Å². The molecule has 1 aromatic rings. The molecule has 0 aromatic carbocycles. The quantitative estimate of drug-likeness (QED) is 0.854. The minimum Gasteiger partial charge on any atom is -0.380 e. The molecule has 1 heterocycles. The van der Waals surface area contributed by atoms with Gasteiger partial charge in [0, 0.05) is 13.2 Å². The largest absolute Gasteiger partial charge is 0.380 e. The molecule has 0 radical (unpaired) electrons. The number of ether oxygens (including phenoxy) is 1. The lowest BCUT2D eigenvalue weighted by atomic mass is 10.1. The Kier molecular flexibility index (Phi) is 5.43. The van der Waals surface area contributed by atoms with Gasteiger partial charge in [0.1, 0.15) is 0 Å². The maximum atomic E-state index is 6.24. The standard InChI is InChI=1S/C12H22ClN3O/c1-6-14-11(9(4)17-5)12-10(13)7-15-16(12)8(2)3/h7-9,11,14H,6H2,1-5H3. The van der Waals surface area contributed by atoms with Crippen molar-refractivity contribution in [2.45, 2.75) is 45.9 Å². The molecule has 0 aliphatic carbocycles. The van der Waals surface area contributed by atoms with E-state index in [-0.39, 0.29) is 18.2 Å². The van der Waals surface area contributed by atoms with Crippen molar-refractivity contribution in [1.82, 2.24) is 15.1 Å². The first-order chi connectivity index (χ1) is 8.02. The first kappa shape index (κ1) is 14.5. The Balaban J connectivity index is 3.12. The van der Waals surface area contributed by atoms with Crippen molar-refractivity contribution in [3.05, 3.63) is 16.9 Å². The molecular formula is C12H22ClN3O. The van der Waals surface area contributed by atoms with Crippen molar-refractivity contribution in [2.75, 3.05) is 13.7 Å². The van der Waals surface area contributed by atoms with E-state index in [4.69, 9.17) is 16.3 Å². The second-order valence-electron chi connectivity index (χ2n) is 4.39. The van der Waals surface area contributed by atoms with E-state index in [9.17, 15) is 0 Å². The molecule has 0 aliphatic heterocycles. The van der Waals surface area contributed by atoms with E-state index in [1.165, 1.54) is 0 Å². The average molecular weight is 260 g/mol. The smallest absolute Gasteiger partial charge is 0.0835 e. The molecule has 98 valence electrons. The fraction of sp³-hybridized carbons (Fsp3) is 0.750. The Labute approximate surface area is 108 Å². The number of methoxy groups -OCH3 is 1. The Hall–Kier alpha value is -0.580. The fourth-order valence-electron chi connectivity index (χ4n) is 1.89. The van der Waals surface area contributed by atoms with Crippen molar-refractivity contribution in [3.63, 3.8) is 0 Å². The van der Waals surface area contributed by atoms with Crippen LogP contribution in [-0.2, 0) is 4.74 Å². The number of rotatable bonds is 6. The molecule has 0 aliphatic rings. The Morgan fingerprint density at radius 2 is 2.12 bits per heavy atom. The Bertz CT molecular complexity index is 352. The highest BCUT2D eigenvalue weighted by Crippen LogP contribution is 2.28. The molecule has 17 heavy (non-hydrogen) atoms. The van der Waals surface area contributed by atoms with Gasteiger partial charge in [-0.3, -0.25) is 4.68 Å². The molecular weight excluding hydrogens is 238 g/mol. The number of hydrogen-bond acceptors (Lipinski definition) is 3. The normalized spacial score (nSPS) is 15.2. The minimum absolute atomic E-state index is 0.0432. The van der Waals surface area contributed by atoms with Gasteiger partial charge in [-0.15, -0.1) is 0 Å². The van der Waals surface area contributed by atoms with Gasteiger partial charge < -0.3 is 10.1 Å². The maximum Gasteiger partial charge on any atom is 0.0835 e. The third-order valence-corrected chi connectivity index (χ3v) is 3.13. The van der Waals surface area contributed by atoms with Gasteiger partial charge in [-0.05, 0) is 27.3 Å². The van der Waals surface area contributed by atoms with Crippen LogP contribution in [0.3, 0.4) is 0 Å². The molecule has 2 atom stereocenters. The summed E-state index contributed by atoms with van der Waals surface area (Å²) in [6, 6.07) is 0.338. The van der Waals surface area contributed by atoms with Crippen LogP contribution < -0.4 is 5.32 Å². The van der Waals surface area contributed by atoms with Crippen molar-refractivity contribution in [2.24, 2.45) is 0 Å². The van der Waals surface area contributed by atoms with Gasteiger partial charge in [0.25, 0.3) is 0 Å². The van der Waals surface area contributed by atoms with E-state index < -0.39 is 0 Å². The molecule has 0 saturated heterocycles. The molecule has 1 N–H and O–H groups in total. The molecule has 1 rings (SSSR count).